The monoisotopic (exact) mass is 369 g/mol. The standard InChI is InChI=1S/C22H27NO4/c1-14(2)18-11-8-10-16(4)21(18)23-22(25)17(5)27-20(24)13-26-19-12-7-6-9-15(19)3/h6-12,14,17H,13H2,1-5H3,(H,23,25). The molecule has 27 heavy (non-hydrogen) atoms. The molecular formula is C22H27NO4. The molecule has 2 aromatic rings. The van der Waals surface area contributed by atoms with E-state index in [0.29, 0.717) is 5.75 Å². The van der Waals surface area contributed by atoms with Crippen LogP contribution in [0.25, 0.3) is 0 Å². The summed E-state index contributed by atoms with van der Waals surface area (Å²) in [5, 5.41) is 2.89. The molecule has 0 saturated carbocycles. The van der Waals surface area contributed by atoms with E-state index in [1.165, 1.54) is 0 Å². The number of carbonyl (C=O) groups is 2. The van der Waals surface area contributed by atoms with Gasteiger partial charge in [0.1, 0.15) is 5.75 Å². The van der Waals surface area contributed by atoms with Crippen LogP contribution in [0, 0.1) is 13.8 Å². The topological polar surface area (TPSA) is 64.6 Å². The second kappa shape index (κ2) is 9.21. The Bertz CT molecular complexity index is 814. The van der Waals surface area contributed by atoms with Crippen molar-refractivity contribution in [3.05, 3.63) is 59.2 Å². The third-order valence-electron chi connectivity index (χ3n) is 4.29. The van der Waals surface area contributed by atoms with Crippen molar-refractivity contribution in [3.63, 3.8) is 0 Å². The molecule has 0 aromatic heterocycles. The lowest BCUT2D eigenvalue weighted by atomic mass is 9.98. The summed E-state index contributed by atoms with van der Waals surface area (Å²) in [6, 6.07) is 13.3. The lowest BCUT2D eigenvalue weighted by Crippen LogP contribution is -2.32. The fourth-order valence-corrected chi connectivity index (χ4v) is 2.71. The number of rotatable bonds is 7. The minimum Gasteiger partial charge on any atom is -0.482 e. The Morgan fingerprint density at radius 1 is 0.963 bits per heavy atom. The normalized spacial score (nSPS) is 11.8. The fourth-order valence-electron chi connectivity index (χ4n) is 2.71. The summed E-state index contributed by atoms with van der Waals surface area (Å²) in [5.74, 6) is -0.0705. The van der Waals surface area contributed by atoms with E-state index in [1.807, 2.05) is 50.2 Å². The van der Waals surface area contributed by atoms with Gasteiger partial charge in [-0.15, -0.1) is 0 Å². The summed E-state index contributed by atoms with van der Waals surface area (Å²) in [5.41, 5.74) is 3.72. The van der Waals surface area contributed by atoms with Crippen LogP contribution in [0.15, 0.2) is 42.5 Å². The number of benzene rings is 2. The van der Waals surface area contributed by atoms with E-state index in [2.05, 4.69) is 19.2 Å². The number of carbonyl (C=O) groups excluding carboxylic acids is 2. The zero-order chi connectivity index (χ0) is 20.0. The maximum atomic E-state index is 12.5. The first-order valence-corrected chi connectivity index (χ1v) is 9.08. The van der Waals surface area contributed by atoms with Crippen molar-refractivity contribution < 1.29 is 19.1 Å². The highest BCUT2D eigenvalue weighted by molar-refractivity contribution is 5.96. The molecule has 2 aromatic carbocycles. The third-order valence-corrected chi connectivity index (χ3v) is 4.29. The Kier molecular flexibility index (Phi) is 6.99. The van der Waals surface area contributed by atoms with E-state index < -0.39 is 12.1 Å². The molecule has 5 heteroatoms. The highest BCUT2D eigenvalue weighted by Crippen LogP contribution is 2.27. The van der Waals surface area contributed by atoms with Crippen LogP contribution in [-0.2, 0) is 14.3 Å². The molecule has 0 aliphatic rings. The van der Waals surface area contributed by atoms with Crippen LogP contribution in [0.4, 0.5) is 5.69 Å². The molecule has 1 atom stereocenters. The van der Waals surface area contributed by atoms with Crippen molar-refractivity contribution in [3.8, 4) is 5.75 Å². The van der Waals surface area contributed by atoms with Gasteiger partial charge in [0.05, 0.1) is 0 Å². The van der Waals surface area contributed by atoms with Crippen molar-refractivity contribution in [2.24, 2.45) is 0 Å². The van der Waals surface area contributed by atoms with Gasteiger partial charge in [-0.3, -0.25) is 4.79 Å². The molecule has 0 spiro atoms. The van der Waals surface area contributed by atoms with E-state index in [0.717, 1.165) is 22.4 Å². The lowest BCUT2D eigenvalue weighted by molar-refractivity contribution is -0.155. The minimum absolute atomic E-state index is 0.246. The number of para-hydroxylation sites is 2. The van der Waals surface area contributed by atoms with Gasteiger partial charge in [-0.25, -0.2) is 4.79 Å². The van der Waals surface area contributed by atoms with Gasteiger partial charge in [0.25, 0.3) is 5.91 Å². The van der Waals surface area contributed by atoms with E-state index >= 15 is 0 Å². The molecule has 0 radical (unpaired) electrons. The van der Waals surface area contributed by atoms with Crippen LogP contribution < -0.4 is 10.1 Å². The van der Waals surface area contributed by atoms with Crippen LogP contribution in [-0.4, -0.2) is 24.6 Å². The zero-order valence-corrected chi connectivity index (χ0v) is 16.5. The van der Waals surface area contributed by atoms with Gasteiger partial charge >= 0.3 is 5.97 Å². The zero-order valence-electron chi connectivity index (χ0n) is 16.5. The van der Waals surface area contributed by atoms with Gasteiger partial charge in [0, 0.05) is 5.69 Å². The van der Waals surface area contributed by atoms with E-state index in [-0.39, 0.29) is 18.4 Å². The summed E-state index contributed by atoms with van der Waals surface area (Å²) >= 11 is 0. The first kappa shape index (κ1) is 20.5. The molecule has 0 aliphatic carbocycles. The summed E-state index contributed by atoms with van der Waals surface area (Å²) in [6.07, 6.45) is -0.919. The van der Waals surface area contributed by atoms with Crippen LogP contribution in [0.1, 0.15) is 43.4 Å². The molecule has 144 valence electrons. The molecule has 1 unspecified atom stereocenters. The van der Waals surface area contributed by atoms with Crippen LogP contribution in [0.5, 0.6) is 5.75 Å². The summed E-state index contributed by atoms with van der Waals surface area (Å²) < 4.78 is 10.7. The van der Waals surface area contributed by atoms with Gasteiger partial charge in [-0.2, -0.15) is 0 Å². The summed E-state index contributed by atoms with van der Waals surface area (Å²) in [4.78, 5) is 24.5. The highest BCUT2D eigenvalue weighted by atomic mass is 16.6. The smallest absolute Gasteiger partial charge is 0.344 e. The molecule has 0 bridgehead atoms. The number of anilines is 1. The Morgan fingerprint density at radius 3 is 2.30 bits per heavy atom. The number of amides is 1. The molecular weight excluding hydrogens is 342 g/mol. The lowest BCUT2D eigenvalue weighted by Gasteiger charge is -2.19. The quantitative estimate of drug-likeness (QED) is 0.736. The molecule has 5 nitrogen and oxygen atoms in total. The second-order valence-corrected chi connectivity index (χ2v) is 6.87. The molecule has 0 heterocycles. The maximum absolute atomic E-state index is 12.5. The molecule has 1 amide bonds. The first-order chi connectivity index (χ1) is 12.8. The molecule has 2 rings (SSSR count). The molecule has 0 saturated heterocycles. The first-order valence-electron chi connectivity index (χ1n) is 9.08. The van der Waals surface area contributed by atoms with E-state index in [4.69, 9.17) is 9.47 Å². The molecule has 0 fully saturated rings. The van der Waals surface area contributed by atoms with Crippen LogP contribution >= 0.6 is 0 Å². The van der Waals surface area contributed by atoms with E-state index in [9.17, 15) is 9.59 Å². The van der Waals surface area contributed by atoms with Crippen molar-refractivity contribution in [2.45, 2.75) is 46.6 Å². The van der Waals surface area contributed by atoms with Gasteiger partial charge in [0.2, 0.25) is 0 Å². The van der Waals surface area contributed by atoms with Crippen molar-refractivity contribution in [2.75, 3.05) is 11.9 Å². The number of esters is 1. The Labute approximate surface area is 160 Å². The van der Waals surface area contributed by atoms with Gasteiger partial charge in [-0.05, 0) is 49.4 Å². The van der Waals surface area contributed by atoms with Crippen LogP contribution in [0.3, 0.4) is 0 Å². The maximum Gasteiger partial charge on any atom is 0.344 e. The Hall–Kier alpha value is -2.82. The average Bonchev–Trinajstić information content (AvgIpc) is 2.62. The number of hydrogen-bond donors (Lipinski definition) is 1. The number of ether oxygens (including phenoxy) is 2. The van der Waals surface area contributed by atoms with Crippen molar-refractivity contribution >= 4 is 17.6 Å². The SMILES string of the molecule is Cc1ccccc1OCC(=O)OC(C)C(=O)Nc1c(C)cccc1C(C)C. The van der Waals surface area contributed by atoms with Gasteiger partial charge in [-0.1, -0.05) is 50.2 Å². The number of nitrogens with one attached hydrogen (secondary N) is 1. The summed E-state index contributed by atoms with van der Waals surface area (Å²) in [7, 11) is 0. The van der Waals surface area contributed by atoms with Gasteiger partial charge in [0.15, 0.2) is 12.7 Å². The number of hydrogen-bond acceptors (Lipinski definition) is 4. The van der Waals surface area contributed by atoms with Crippen LogP contribution in [0.2, 0.25) is 0 Å². The predicted molar refractivity (Wildman–Crippen MR) is 106 cm³/mol. The Balaban J connectivity index is 1.94. The Morgan fingerprint density at radius 2 is 1.63 bits per heavy atom. The van der Waals surface area contributed by atoms with Crippen molar-refractivity contribution in [1.29, 1.82) is 0 Å². The average molecular weight is 369 g/mol. The van der Waals surface area contributed by atoms with E-state index in [1.54, 1.807) is 13.0 Å². The highest BCUT2D eigenvalue weighted by Gasteiger charge is 2.20. The third kappa shape index (κ3) is 5.58. The molecule has 0 aliphatic heterocycles. The second-order valence-electron chi connectivity index (χ2n) is 6.87. The summed E-state index contributed by atoms with van der Waals surface area (Å²) in [6.45, 7) is 9.27. The molecule has 1 N–H and O–H groups in total. The minimum atomic E-state index is -0.919. The largest absolute Gasteiger partial charge is 0.482 e. The predicted octanol–water partition coefficient (Wildman–Crippen LogP) is 4.38. The number of aryl methyl sites for hydroxylation is 2. The van der Waals surface area contributed by atoms with Crippen molar-refractivity contribution in [1.82, 2.24) is 0 Å². The fraction of sp³-hybridized carbons (Fsp3) is 0.364. The van der Waals surface area contributed by atoms with Gasteiger partial charge < -0.3 is 14.8 Å².